The number of carboxylic acid groups (broad SMARTS) is 2. The number of benzene rings is 1. The van der Waals surface area contributed by atoms with Crippen molar-refractivity contribution in [3.05, 3.63) is 35.9 Å². The Labute approximate surface area is 118 Å². The van der Waals surface area contributed by atoms with Gasteiger partial charge in [-0.3, -0.25) is 0 Å². The highest BCUT2D eigenvalue weighted by Gasteiger charge is 2.08. The highest BCUT2D eigenvalue weighted by molar-refractivity contribution is 6.27. The first-order valence-electron chi connectivity index (χ1n) is 6.53. The van der Waals surface area contributed by atoms with Crippen LogP contribution in [0, 0.1) is 0 Å². The Kier molecular flexibility index (Phi) is 7.31. The molecule has 0 unspecified atom stereocenters. The summed E-state index contributed by atoms with van der Waals surface area (Å²) in [5.74, 6) is -3.65. The molecule has 3 N–H and O–H groups in total. The van der Waals surface area contributed by atoms with E-state index in [0.29, 0.717) is 0 Å². The molecule has 0 saturated carbocycles. The second-order valence-corrected chi connectivity index (χ2v) is 4.44. The summed E-state index contributed by atoms with van der Waals surface area (Å²) in [6.07, 6.45) is 1.18. The summed E-state index contributed by atoms with van der Waals surface area (Å²) >= 11 is 0. The minimum absolute atomic E-state index is 1.15. The van der Waals surface area contributed by atoms with Crippen molar-refractivity contribution in [2.45, 2.75) is 6.42 Å². The number of aliphatic carboxylic acids is 2. The van der Waals surface area contributed by atoms with E-state index in [-0.39, 0.29) is 0 Å². The van der Waals surface area contributed by atoms with Crippen molar-refractivity contribution < 1.29 is 19.8 Å². The van der Waals surface area contributed by atoms with E-state index in [0.717, 1.165) is 13.1 Å². The van der Waals surface area contributed by atoms with Crippen LogP contribution < -0.4 is 5.32 Å². The summed E-state index contributed by atoms with van der Waals surface area (Å²) in [5, 5.41) is 18.2. The molecule has 0 bridgehead atoms. The zero-order valence-electron chi connectivity index (χ0n) is 11.3. The SMILES string of the molecule is O=C(O)C(=O)O.c1ccc(CCN2CCNCC2)cc1. The Balaban J connectivity index is 0.000000286. The van der Waals surface area contributed by atoms with Gasteiger partial charge in [0.15, 0.2) is 0 Å². The molecular weight excluding hydrogens is 260 g/mol. The number of carbonyl (C=O) groups is 2. The molecule has 0 atom stereocenters. The van der Waals surface area contributed by atoms with Crippen molar-refractivity contribution in [1.29, 1.82) is 0 Å². The summed E-state index contributed by atoms with van der Waals surface area (Å²) in [7, 11) is 0. The smallest absolute Gasteiger partial charge is 0.414 e. The van der Waals surface area contributed by atoms with E-state index in [1.165, 1.54) is 31.6 Å². The monoisotopic (exact) mass is 280 g/mol. The van der Waals surface area contributed by atoms with E-state index < -0.39 is 11.9 Å². The number of carboxylic acids is 2. The van der Waals surface area contributed by atoms with E-state index in [9.17, 15) is 0 Å². The first kappa shape index (κ1) is 16.1. The van der Waals surface area contributed by atoms with Gasteiger partial charge in [0.25, 0.3) is 0 Å². The minimum Gasteiger partial charge on any atom is -0.473 e. The Morgan fingerprint density at radius 2 is 1.60 bits per heavy atom. The second-order valence-electron chi connectivity index (χ2n) is 4.44. The van der Waals surface area contributed by atoms with Gasteiger partial charge in [0, 0.05) is 32.7 Å². The van der Waals surface area contributed by atoms with Crippen LogP contribution in [0.2, 0.25) is 0 Å². The largest absolute Gasteiger partial charge is 0.473 e. The maximum absolute atomic E-state index is 9.10. The molecule has 6 heteroatoms. The second kappa shape index (κ2) is 9.06. The van der Waals surface area contributed by atoms with Crippen molar-refractivity contribution in [1.82, 2.24) is 10.2 Å². The first-order valence-corrected chi connectivity index (χ1v) is 6.53. The fourth-order valence-corrected chi connectivity index (χ4v) is 1.87. The van der Waals surface area contributed by atoms with Gasteiger partial charge in [-0.15, -0.1) is 0 Å². The predicted octanol–water partition coefficient (Wildman–Crippen LogP) is 0.290. The quantitative estimate of drug-likeness (QED) is 0.690. The molecule has 1 fully saturated rings. The summed E-state index contributed by atoms with van der Waals surface area (Å²) in [6.45, 7) is 5.90. The molecular formula is C14H20N2O4. The molecule has 1 saturated heterocycles. The van der Waals surface area contributed by atoms with Crippen LogP contribution in [0.15, 0.2) is 30.3 Å². The molecule has 0 amide bonds. The molecule has 110 valence electrons. The highest BCUT2D eigenvalue weighted by Crippen LogP contribution is 2.01. The van der Waals surface area contributed by atoms with Crippen LogP contribution in [-0.4, -0.2) is 59.8 Å². The van der Waals surface area contributed by atoms with Crippen molar-refractivity contribution in [2.75, 3.05) is 32.7 Å². The summed E-state index contributed by atoms with van der Waals surface area (Å²) in [4.78, 5) is 20.7. The fourth-order valence-electron chi connectivity index (χ4n) is 1.87. The molecule has 1 heterocycles. The molecule has 20 heavy (non-hydrogen) atoms. The molecule has 1 aliphatic rings. The number of nitrogens with zero attached hydrogens (tertiary/aromatic N) is 1. The predicted molar refractivity (Wildman–Crippen MR) is 74.7 cm³/mol. The maximum Gasteiger partial charge on any atom is 0.414 e. The van der Waals surface area contributed by atoms with Gasteiger partial charge in [0.1, 0.15) is 0 Å². The number of hydrogen-bond donors (Lipinski definition) is 3. The van der Waals surface area contributed by atoms with Gasteiger partial charge in [0.2, 0.25) is 0 Å². The van der Waals surface area contributed by atoms with Gasteiger partial charge < -0.3 is 20.4 Å². The van der Waals surface area contributed by atoms with E-state index in [1.807, 2.05) is 0 Å². The first-order chi connectivity index (χ1) is 9.59. The Hall–Kier alpha value is -1.92. The van der Waals surface area contributed by atoms with Crippen LogP contribution in [0.1, 0.15) is 5.56 Å². The van der Waals surface area contributed by atoms with Crippen LogP contribution in [0.5, 0.6) is 0 Å². The Bertz CT molecular complexity index is 404. The lowest BCUT2D eigenvalue weighted by atomic mass is 10.1. The standard InChI is InChI=1S/C12H18N2.C2H2O4/c1-2-4-12(5-3-1)6-9-14-10-7-13-8-11-14;3-1(4)2(5)6/h1-5,13H,6-11H2;(H,3,4)(H,5,6). The topological polar surface area (TPSA) is 89.9 Å². The lowest BCUT2D eigenvalue weighted by molar-refractivity contribution is -0.159. The molecule has 6 nitrogen and oxygen atoms in total. The van der Waals surface area contributed by atoms with E-state index in [2.05, 4.69) is 40.5 Å². The number of rotatable bonds is 3. The summed E-state index contributed by atoms with van der Waals surface area (Å²) in [6, 6.07) is 10.7. The number of nitrogens with one attached hydrogen (secondary N) is 1. The summed E-state index contributed by atoms with van der Waals surface area (Å²) < 4.78 is 0. The molecule has 1 aromatic carbocycles. The lowest BCUT2D eigenvalue weighted by Gasteiger charge is -2.27. The summed E-state index contributed by atoms with van der Waals surface area (Å²) in [5.41, 5.74) is 1.45. The van der Waals surface area contributed by atoms with Crippen LogP contribution in [0.3, 0.4) is 0 Å². The third-order valence-corrected chi connectivity index (χ3v) is 2.95. The van der Waals surface area contributed by atoms with Gasteiger partial charge >= 0.3 is 11.9 Å². The number of hydrogen-bond acceptors (Lipinski definition) is 4. The van der Waals surface area contributed by atoms with E-state index >= 15 is 0 Å². The fraction of sp³-hybridized carbons (Fsp3) is 0.429. The van der Waals surface area contributed by atoms with Gasteiger partial charge in [-0.25, -0.2) is 9.59 Å². The lowest BCUT2D eigenvalue weighted by Crippen LogP contribution is -2.44. The Morgan fingerprint density at radius 1 is 1.05 bits per heavy atom. The molecule has 0 spiro atoms. The van der Waals surface area contributed by atoms with Crippen LogP contribution in [-0.2, 0) is 16.0 Å². The minimum atomic E-state index is -1.82. The van der Waals surface area contributed by atoms with Crippen molar-refractivity contribution in [3.8, 4) is 0 Å². The normalized spacial score (nSPS) is 15.0. The van der Waals surface area contributed by atoms with Gasteiger partial charge in [0.05, 0.1) is 0 Å². The zero-order valence-corrected chi connectivity index (χ0v) is 11.3. The van der Waals surface area contributed by atoms with Crippen molar-refractivity contribution in [3.63, 3.8) is 0 Å². The zero-order chi connectivity index (χ0) is 14.8. The number of piperazine rings is 1. The highest BCUT2D eigenvalue weighted by atomic mass is 16.4. The van der Waals surface area contributed by atoms with Gasteiger partial charge in [-0.05, 0) is 12.0 Å². The average molecular weight is 280 g/mol. The Morgan fingerprint density at radius 3 is 2.10 bits per heavy atom. The van der Waals surface area contributed by atoms with Gasteiger partial charge in [-0.1, -0.05) is 30.3 Å². The third kappa shape index (κ3) is 6.86. The van der Waals surface area contributed by atoms with E-state index in [1.54, 1.807) is 0 Å². The molecule has 0 radical (unpaired) electrons. The van der Waals surface area contributed by atoms with Crippen LogP contribution >= 0.6 is 0 Å². The third-order valence-electron chi connectivity index (χ3n) is 2.95. The molecule has 0 aromatic heterocycles. The van der Waals surface area contributed by atoms with Crippen LogP contribution in [0.25, 0.3) is 0 Å². The van der Waals surface area contributed by atoms with Crippen LogP contribution in [0.4, 0.5) is 0 Å². The molecule has 1 aromatic rings. The van der Waals surface area contributed by atoms with Crippen molar-refractivity contribution >= 4 is 11.9 Å². The molecule has 2 rings (SSSR count). The maximum atomic E-state index is 9.10. The van der Waals surface area contributed by atoms with Gasteiger partial charge in [-0.2, -0.15) is 0 Å². The van der Waals surface area contributed by atoms with E-state index in [4.69, 9.17) is 19.8 Å². The molecule has 0 aliphatic carbocycles. The molecule has 1 aliphatic heterocycles. The average Bonchev–Trinajstić information content (AvgIpc) is 2.48. The van der Waals surface area contributed by atoms with Crippen molar-refractivity contribution in [2.24, 2.45) is 0 Å².